The van der Waals surface area contributed by atoms with Crippen LogP contribution in [0.4, 0.5) is 0 Å². The van der Waals surface area contributed by atoms with E-state index in [1.54, 1.807) is 55.6 Å². The fourth-order valence-corrected chi connectivity index (χ4v) is 1.71. The molecule has 0 spiro atoms. The van der Waals surface area contributed by atoms with Crippen molar-refractivity contribution in [1.82, 2.24) is 0 Å². The Bertz CT molecular complexity index is 684. The summed E-state index contributed by atoms with van der Waals surface area (Å²) >= 11 is 0. The van der Waals surface area contributed by atoms with E-state index in [-0.39, 0.29) is 0 Å². The molecule has 0 aliphatic heterocycles. The Morgan fingerprint density at radius 3 is 2.09 bits per heavy atom. The Kier molecular flexibility index (Phi) is 4.93. The fourth-order valence-electron chi connectivity index (χ4n) is 1.71. The normalized spacial score (nSPS) is 10.4. The van der Waals surface area contributed by atoms with E-state index in [9.17, 15) is 9.59 Å². The molecule has 5 nitrogen and oxygen atoms in total. The molecular formula is C17H14O5. The lowest BCUT2D eigenvalue weighted by Gasteiger charge is -2.05. The summed E-state index contributed by atoms with van der Waals surface area (Å²) in [4.78, 5) is 22.4. The van der Waals surface area contributed by atoms with Crippen LogP contribution in [0.3, 0.4) is 0 Å². The summed E-state index contributed by atoms with van der Waals surface area (Å²) < 4.78 is 10.3. The molecule has 1 N–H and O–H groups in total. The summed E-state index contributed by atoms with van der Waals surface area (Å²) in [6, 6.07) is 13.1. The molecule has 112 valence electrons. The predicted octanol–water partition coefficient (Wildman–Crippen LogP) is 3.01. The van der Waals surface area contributed by atoms with Crippen molar-refractivity contribution < 1.29 is 24.2 Å². The van der Waals surface area contributed by atoms with E-state index in [1.807, 2.05) is 0 Å². The third kappa shape index (κ3) is 4.21. The molecule has 0 fully saturated rings. The summed E-state index contributed by atoms with van der Waals surface area (Å²) in [7, 11) is 1.55. The van der Waals surface area contributed by atoms with E-state index in [0.29, 0.717) is 22.6 Å². The molecule has 0 amide bonds. The fraction of sp³-hybridized carbons (Fsp3) is 0.0588. The second-order valence-electron chi connectivity index (χ2n) is 4.36. The third-order valence-corrected chi connectivity index (χ3v) is 2.83. The van der Waals surface area contributed by atoms with Crippen LogP contribution in [-0.4, -0.2) is 24.2 Å². The van der Waals surface area contributed by atoms with Gasteiger partial charge < -0.3 is 14.6 Å². The predicted molar refractivity (Wildman–Crippen MR) is 81.1 cm³/mol. The molecule has 2 rings (SSSR count). The SMILES string of the molecule is COc1ccc(C(=O)Oc2ccc(/C=C/C(=O)O)cc2)cc1. The first-order chi connectivity index (χ1) is 10.6. The Morgan fingerprint density at radius 2 is 1.55 bits per heavy atom. The van der Waals surface area contributed by atoms with E-state index in [4.69, 9.17) is 14.6 Å². The Labute approximate surface area is 127 Å². The molecule has 0 radical (unpaired) electrons. The molecule has 22 heavy (non-hydrogen) atoms. The zero-order valence-corrected chi connectivity index (χ0v) is 11.9. The number of ether oxygens (including phenoxy) is 2. The van der Waals surface area contributed by atoms with Crippen LogP contribution in [-0.2, 0) is 4.79 Å². The monoisotopic (exact) mass is 298 g/mol. The molecule has 0 atom stereocenters. The lowest BCUT2D eigenvalue weighted by Crippen LogP contribution is -2.08. The number of carboxylic acids is 1. The van der Waals surface area contributed by atoms with Crippen molar-refractivity contribution in [1.29, 1.82) is 0 Å². The summed E-state index contributed by atoms with van der Waals surface area (Å²) in [5, 5.41) is 8.55. The van der Waals surface area contributed by atoms with Gasteiger partial charge in [0.2, 0.25) is 0 Å². The molecule has 0 aliphatic carbocycles. The van der Waals surface area contributed by atoms with Crippen molar-refractivity contribution in [3.05, 3.63) is 65.7 Å². The van der Waals surface area contributed by atoms with Crippen molar-refractivity contribution in [2.75, 3.05) is 7.11 Å². The molecule has 2 aromatic carbocycles. The van der Waals surface area contributed by atoms with Crippen LogP contribution < -0.4 is 9.47 Å². The van der Waals surface area contributed by atoms with Gasteiger partial charge in [-0.05, 0) is 48.0 Å². The van der Waals surface area contributed by atoms with Gasteiger partial charge in [-0.1, -0.05) is 12.1 Å². The number of carbonyl (C=O) groups excluding carboxylic acids is 1. The Balaban J connectivity index is 2.03. The molecule has 0 unspecified atom stereocenters. The van der Waals surface area contributed by atoms with Gasteiger partial charge in [-0.3, -0.25) is 0 Å². The third-order valence-electron chi connectivity index (χ3n) is 2.83. The van der Waals surface area contributed by atoms with Gasteiger partial charge in [0.15, 0.2) is 0 Å². The summed E-state index contributed by atoms with van der Waals surface area (Å²) in [6.45, 7) is 0. The summed E-state index contributed by atoms with van der Waals surface area (Å²) in [5.41, 5.74) is 1.11. The average molecular weight is 298 g/mol. The van der Waals surface area contributed by atoms with Gasteiger partial charge >= 0.3 is 11.9 Å². The molecule has 2 aromatic rings. The lowest BCUT2D eigenvalue weighted by molar-refractivity contribution is -0.131. The zero-order chi connectivity index (χ0) is 15.9. The van der Waals surface area contributed by atoms with Crippen LogP contribution in [0.2, 0.25) is 0 Å². The van der Waals surface area contributed by atoms with Crippen molar-refractivity contribution in [3.8, 4) is 11.5 Å². The van der Waals surface area contributed by atoms with Gasteiger partial charge in [-0.2, -0.15) is 0 Å². The highest BCUT2D eigenvalue weighted by Gasteiger charge is 2.08. The van der Waals surface area contributed by atoms with Crippen LogP contribution in [0, 0.1) is 0 Å². The van der Waals surface area contributed by atoms with Gasteiger partial charge in [0.1, 0.15) is 11.5 Å². The summed E-state index contributed by atoms with van der Waals surface area (Å²) in [5.74, 6) is -0.453. The molecule has 0 saturated carbocycles. The quantitative estimate of drug-likeness (QED) is 0.522. The van der Waals surface area contributed by atoms with Crippen molar-refractivity contribution in [2.24, 2.45) is 0 Å². The van der Waals surface area contributed by atoms with Gasteiger partial charge in [0.25, 0.3) is 0 Å². The van der Waals surface area contributed by atoms with Gasteiger partial charge in [-0.15, -0.1) is 0 Å². The first kappa shape index (κ1) is 15.3. The molecule has 0 aliphatic rings. The van der Waals surface area contributed by atoms with Gasteiger partial charge in [-0.25, -0.2) is 9.59 Å². The maximum absolute atomic E-state index is 12.0. The van der Waals surface area contributed by atoms with E-state index >= 15 is 0 Å². The van der Waals surface area contributed by atoms with Crippen LogP contribution in [0.25, 0.3) is 6.08 Å². The van der Waals surface area contributed by atoms with Crippen LogP contribution in [0.5, 0.6) is 11.5 Å². The van der Waals surface area contributed by atoms with Crippen LogP contribution >= 0.6 is 0 Å². The van der Waals surface area contributed by atoms with Crippen LogP contribution in [0.15, 0.2) is 54.6 Å². The van der Waals surface area contributed by atoms with E-state index in [1.165, 1.54) is 6.08 Å². The van der Waals surface area contributed by atoms with Crippen LogP contribution in [0.1, 0.15) is 15.9 Å². The largest absolute Gasteiger partial charge is 0.497 e. The second-order valence-corrected chi connectivity index (χ2v) is 4.36. The standard InChI is InChI=1S/C17H14O5/c1-21-14-9-5-13(6-10-14)17(20)22-15-7-2-12(3-8-15)4-11-16(18)19/h2-11H,1H3,(H,18,19)/b11-4+. The minimum absolute atomic E-state index is 0.383. The molecular weight excluding hydrogens is 284 g/mol. The first-order valence-corrected chi connectivity index (χ1v) is 6.46. The molecule has 0 aromatic heterocycles. The average Bonchev–Trinajstić information content (AvgIpc) is 2.54. The number of carbonyl (C=O) groups is 2. The van der Waals surface area contributed by atoms with E-state index in [0.717, 1.165) is 6.08 Å². The number of hydrogen-bond donors (Lipinski definition) is 1. The van der Waals surface area contributed by atoms with Crippen molar-refractivity contribution >= 4 is 18.0 Å². The van der Waals surface area contributed by atoms with Gasteiger partial charge in [0.05, 0.1) is 12.7 Å². The number of methoxy groups -OCH3 is 1. The number of aliphatic carboxylic acids is 1. The zero-order valence-electron chi connectivity index (χ0n) is 11.9. The topological polar surface area (TPSA) is 72.8 Å². The molecule has 5 heteroatoms. The number of benzene rings is 2. The Morgan fingerprint density at radius 1 is 0.955 bits per heavy atom. The van der Waals surface area contributed by atoms with Crippen molar-refractivity contribution in [3.63, 3.8) is 0 Å². The molecule has 0 saturated heterocycles. The minimum Gasteiger partial charge on any atom is -0.497 e. The molecule has 0 heterocycles. The lowest BCUT2D eigenvalue weighted by atomic mass is 10.2. The van der Waals surface area contributed by atoms with Gasteiger partial charge in [0, 0.05) is 6.08 Å². The minimum atomic E-state index is -1.02. The number of hydrogen-bond acceptors (Lipinski definition) is 4. The second kappa shape index (κ2) is 7.08. The maximum Gasteiger partial charge on any atom is 0.343 e. The van der Waals surface area contributed by atoms with E-state index < -0.39 is 11.9 Å². The van der Waals surface area contributed by atoms with E-state index in [2.05, 4.69) is 0 Å². The summed E-state index contributed by atoms with van der Waals surface area (Å²) in [6.07, 6.45) is 2.50. The highest BCUT2D eigenvalue weighted by molar-refractivity contribution is 5.91. The Hall–Kier alpha value is -3.08. The number of carboxylic acid groups (broad SMARTS) is 1. The number of rotatable bonds is 5. The maximum atomic E-state index is 12.0. The highest BCUT2D eigenvalue weighted by atomic mass is 16.5. The highest BCUT2D eigenvalue weighted by Crippen LogP contribution is 2.17. The first-order valence-electron chi connectivity index (χ1n) is 6.46. The van der Waals surface area contributed by atoms with Crippen molar-refractivity contribution in [2.45, 2.75) is 0 Å². The number of esters is 1. The molecule has 0 bridgehead atoms. The smallest absolute Gasteiger partial charge is 0.343 e.